The fourth-order valence-electron chi connectivity index (χ4n) is 1.93. The van der Waals surface area contributed by atoms with Gasteiger partial charge in [0, 0.05) is 6.07 Å². The molecule has 0 saturated carbocycles. The number of rotatable bonds is 5. The third-order valence-electron chi connectivity index (χ3n) is 2.92. The van der Waals surface area contributed by atoms with Gasteiger partial charge in [-0.25, -0.2) is 8.42 Å². The molecule has 0 unspecified atom stereocenters. The first-order valence-electron chi connectivity index (χ1n) is 6.45. The summed E-state index contributed by atoms with van der Waals surface area (Å²) in [4.78, 5) is 0.0570. The molecule has 0 aliphatic rings. The van der Waals surface area contributed by atoms with Crippen molar-refractivity contribution >= 4 is 15.5 Å². The Labute approximate surface area is 123 Å². The van der Waals surface area contributed by atoms with Crippen LogP contribution in [-0.4, -0.2) is 20.1 Å². The Morgan fingerprint density at radius 3 is 2.43 bits per heavy atom. The number of phenolic OH excluding ortho intramolecular Hbond substituents is 1. The third kappa shape index (κ3) is 3.66. The maximum Gasteiger partial charge on any atom is 0.184 e. The Bertz CT molecular complexity index is 724. The highest BCUT2D eigenvalue weighted by Gasteiger charge is 2.19. The molecule has 0 atom stereocenters. The zero-order valence-electron chi connectivity index (χ0n) is 11.6. The van der Waals surface area contributed by atoms with E-state index in [9.17, 15) is 13.5 Å². The Balaban J connectivity index is 2.34. The number of ether oxygens (including phenoxy) is 1. The lowest BCUT2D eigenvalue weighted by atomic mass is 10.2. The molecule has 0 amide bonds. The second-order valence-electron chi connectivity index (χ2n) is 4.56. The van der Waals surface area contributed by atoms with Crippen molar-refractivity contribution in [3.05, 3.63) is 48.0 Å². The van der Waals surface area contributed by atoms with Crippen molar-refractivity contribution in [3.8, 4) is 11.5 Å². The van der Waals surface area contributed by atoms with Gasteiger partial charge in [-0.05, 0) is 36.8 Å². The fraction of sp³-hybridized carbons (Fsp3) is 0.200. The minimum absolute atomic E-state index is 0.0570. The highest BCUT2D eigenvalue weighted by atomic mass is 32.2. The van der Waals surface area contributed by atoms with Crippen molar-refractivity contribution in [2.24, 2.45) is 0 Å². The second kappa shape index (κ2) is 6.05. The number of aromatic hydroxyl groups is 1. The Hall–Kier alpha value is -2.21. The SMILES string of the molecule is CCOc1ccc(N)c(S(=O)(=O)Cc2ccc(O)cc2)c1. The van der Waals surface area contributed by atoms with Crippen LogP contribution >= 0.6 is 0 Å². The average molecular weight is 307 g/mol. The molecule has 2 rings (SSSR count). The number of benzene rings is 2. The summed E-state index contributed by atoms with van der Waals surface area (Å²) in [5, 5.41) is 9.23. The molecule has 2 aromatic carbocycles. The molecule has 112 valence electrons. The van der Waals surface area contributed by atoms with Crippen molar-refractivity contribution in [1.82, 2.24) is 0 Å². The number of anilines is 1. The summed E-state index contributed by atoms with van der Waals surface area (Å²) in [5.41, 5.74) is 6.54. The van der Waals surface area contributed by atoms with E-state index in [0.29, 0.717) is 17.9 Å². The molecule has 21 heavy (non-hydrogen) atoms. The van der Waals surface area contributed by atoms with Crippen LogP contribution in [0, 0.1) is 0 Å². The standard InChI is InChI=1S/C15H17NO4S/c1-2-20-13-7-8-14(16)15(9-13)21(18,19)10-11-3-5-12(17)6-4-11/h3-9,17H,2,10,16H2,1H3. The largest absolute Gasteiger partial charge is 0.508 e. The van der Waals surface area contributed by atoms with E-state index >= 15 is 0 Å². The average Bonchev–Trinajstić information content (AvgIpc) is 2.43. The highest BCUT2D eigenvalue weighted by Crippen LogP contribution is 2.27. The van der Waals surface area contributed by atoms with Gasteiger partial charge in [0.2, 0.25) is 0 Å². The summed E-state index contributed by atoms with van der Waals surface area (Å²) in [6.45, 7) is 2.27. The molecular formula is C15H17NO4S. The lowest BCUT2D eigenvalue weighted by Crippen LogP contribution is -2.08. The summed E-state index contributed by atoms with van der Waals surface area (Å²) in [6, 6.07) is 10.6. The maximum atomic E-state index is 12.5. The highest BCUT2D eigenvalue weighted by molar-refractivity contribution is 7.90. The van der Waals surface area contributed by atoms with E-state index < -0.39 is 9.84 Å². The predicted octanol–water partition coefficient (Wildman–Crippen LogP) is 2.35. The molecule has 3 N–H and O–H groups in total. The molecule has 0 radical (unpaired) electrons. The van der Waals surface area contributed by atoms with Crippen molar-refractivity contribution in [2.75, 3.05) is 12.3 Å². The van der Waals surface area contributed by atoms with E-state index in [2.05, 4.69) is 0 Å². The van der Waals surface area contributed by atoms with Gasteiger partial charge in [0.05, 0.1) is 22.9 Å². The van der Waals surface area contributed by atoms with Gasteiger partial charge in [0.25, 0.3) is 0 Å². The molecule has 0 aromatic heterocycles. The number of nitrogen functional groups attached to an aromatic ring is 1. The van der Waals surface area contributed by atoms with Crippen LogP contribution in [-0.2, 0) is 15.6 Å². The zero-order valence-corrected chi connectivity index (χ0v) is 12.4. The minimum Gasteiger partial charge on any atom is -0.508 e. The Kier molecular flexibility index (Phi) is 4.37. The molecule has 2 aromatic rings. The summed E-state index contributed by atoms with van der Waals surface area (Å²) in [6.07, 6.45) is 0. The van der Waals surface area contributed by atoms with Gasteiger partial charge < -0.3 is 15.6 Å². The monoisotopic (exact) mass is 307 g/mol. The summed E-state index contributed by atoms with van der Waals surface area (Å²) in [5.74, 6) is 0.373. The van der Waals surface area contributed by atoms with Crippen LogP contribution in [0.15, 0.2) is 47.4 Å². The number of hydrogen-bond acceptors (Lipinski definition) is 5. The smallest absolute Gasteiger partial charge is 0.184 e. The molecule has 0 aliphatic carbocycles. The lowest BCUT2D eigenvalue weighted by Gasteiger charge is -2.10. The maximum absolute atomic E-state index is 12.5. The van der Waals surface area contributed by atoms with Gasteiger partial charge in [0.15, 0.2) is 9.84 Å². The summed E-state index contributed by atoms with van der Waals surface area (Å²) in [7, 11) is -3.58. The second-order valence-corrected chi connectivity index (χ2v) is 6.52. The van der Waals surface area contributed by atoms with Gasteiger partial charge >= 0.3 is 0 Å². The summed E-state index contributed by atoms with van der Waals surface area (Å²) >= 11 is 0. The first kappa shape index (κ1) is 15.2. The fourth-order valence-corrected chi connectivity index (χ4v) is 3.44. The summed E-state index contributed by atoms with van der Waals surface area (Å²) < 4.78 is 30.2. The van der Waals surface area contributed by atoms with Crippen molar-refractivity contribution in [3.63, 3.8) is 0 Å². The van der Waals surface area contributed by atoms with Crippen LogP contribution in [0.2, 0.25) is 0 Å². The number of nitrogens with two attached hydrogens (primary N) is 1. The van der Waals surface area contributed by atoms with Crippen LogP contribution in [0.4, 0.5) is 5.69 Å². The van der Waals surface area contributed by atoms with Crippen LogP contribution in [0.5, 0.6) is 11.5 Å². The van der Waals surface area contributed by atoms with E-state index in [0.717, 1.165) is 0 Å². The molecule has 0 bridgehead atoms. The third-order valence-corrected chi connectivity index (χ3v) is 4.66. The van der Waals surface area contributed by atoms with Crippen LogP contribution in [0.3, 0.4) is 0 Å². The quantitative estimate of drug-likeness (QED) is 0.828. The molecule has 6 heteroatoms. The molecule has 0 fully saturated rings. The first-order chi connectivity index (χ1) is 9.92. The van der Waals surface area contributed by atoms with E-state index in [4.69, 9.17) is 10.5 Å². The lowest BCUT2D eigenvalue weighted by molar-refractivity contribution is 0.339. The first-order valence-corrected chi connectivity index (χ1v) is 8.10. The molecular weight excluding hydrogens is 290 g/mol. The Morgan fingerprint density at radius 2 is 1.81 bits per heavy atom. The van der Waals surface area contributed by atoms with E-state index in [1.165, 1.54) is 24.3 Å². The Morgan fingerprint density at radius 1 is 1.14 bits per heavy atom. The number of sulfone groups is 1. The van der Waals surface area contributed by atoms with Gasteiger partial charge in [-0.3, -0.25) is 0 Å². The van der Waals surface area contributed by atoms with Crippen LogP contribution in [0.1, 0.15) is 12.5 Å². The van der Waals surface area contributed by atoms with Gasteiger partial charge in [-0.2, -0.15) is 0 Å². The molecule has 5 nitrogen and oxygen atoms in total. The normalized spacial score (nSPS) is 11.3. The topological polar surface area (TPSA) is 89.6 Å². The van der Waals surface area contributed by atoms with E-state index in [1.54, 1.807) is 18.2 Å². The minimum atomic E-state index is -3.58. The number of hydrogen-bond donors (Lipinski definition) is 2. The molecule has 0 aliphatic heterocycles. The molecule has 0 spiro atoms. The molecule has 0 heterocycles. The van der Waals surface area contributed by atoms with Gasteiger partial charge in [-0.1, -0.05) is 12.1 Å². The van der Waals surface area contributed by atoms with Crippen LogP contribution in [0.25, 0.3) is 0 Å². The van der Waals surface area contributed by atoms with Gasteiger partial charge in [0.1, 0.15) is 11.5 Å². The van der Waals surface area contributed by atoms with Crippen molar-refractivity contribution < 1.29 is 18.3 Å². The zero-order chi connectivity index (χ0) is 15.5. The van der Waals surface area contributed by atoms with E-state index in [1.807, 2.05) is 6.92 Å². The van der Waals surface area contributed by atoms with Gasteiger partial charge in [-0.15, -0.1) is 0 Å². The number of phenols is 1. The predicted molar refractivity (Wildman–Crippen MR) is 81.0 cm³/mol. The molecule has 0 saturated heterocycles. The van der Waals surface area contributed by atoms with E-state index in [-0.39, 0.29) is 22.1 Å². The van der Waals surface area contributed by atoms with Crippen molar-refractivity contribution in [1.29, 1.82) is 0 Å². The van der Waals surface area contributed by atoms with Crippen molar-refractivity contribution in [2.45, 2.75) is 17.6 Å². The van der Waals surface area contributed by atoms with Crippen LogP contribution < -0.4 is 10.5 Å².